The summed E-state index contributed by atoms with van der Waals surface area (Å²) in [7, 11) is 0. The molecule has 3 heterocycles. The molecule has 1 saturated heterocycles. The first-order valence-electron chi connectivity index (χ1n) is 10.4. The average Bonchev–Trinajstić information content (AvgIpc) is 3.31. The smallest absolute Gasteiger partial charge is 0.352 e. The van der Waals surface area contributed by atoms with Crippen molar-refractivity contribution in [3.8, 4) is 5.69 Å². The van der Waals surface area contributed by atoms with Gasteiger partial charge in [0, 0.05) is 25.4 Å². The second-order valence-electron chi connectivity index (χ2n) is 8.16. The van der Waals surface area contributed by atoms with Crippen LogP contribution in [0.5, 0.6) is 0 Å². The number of aromatic nitrogens is 5. The Morgan fingerprint density at radius 3 is 2.46 bits per heavy atom. The maximum absolute atomic E-state index is 14.8. The Morgan fingerprint density at radius 1 is 1.17 bits per heavy atom. The standard InChI is InChI=1S/C21H19F6N7O/c1-12-7-20(23,24)11-33(16(12)10-30-19-28-8-13(9-29-19)21(25,26)27)18(35)17-14(22)3-2-4-15(17)34-31-5-6-32-34/h2-6,8-9,12,16H,7,10-11H2,1H3,(H,28,29,30). The molecule has 1 aliphatic rings. The van der Waals surface area contributed by atoms with E-state index in [0.717, 1.165) is 15.8 Å². The highest BCUT2D eigenvalue weighted by atomic mass is 19.4. The summed E-state index contributed by atoms with van der Waals surface area (Å²) in [6.45, 7) is 0.374. The summed E-state index contributed by atoms with van der Waals surface area (Å²) in [5.41, 5.74) is -1.56. The molecule has 1 fully saturated rings. The molecule has 8 nitrogen and oxygen atoms in total. The Hall–Kier alpha value is -3.71. The number of alkyl halides is 5. The topological polar surface area (TPSA) is 88.8 Å². The minimum atomic E-state index is -4.62. The molecular weight excluding hydrogens is 480 g/mol. The maximum atomic E-state index is 14.8. The van der Waals surface area contributed by atoms with Gasteiger partial charge in [0.1, 0.15) is 17.1 Å². The van der Waals surface area contributed by atoms with Gasteiger partial charge in [0.05, 0.1) is 30.5 Å². The number of piperidine rings is 1. The van der Waals surface area contributed by atoms with Gasteiger partial charge in [-0.05, 0) is 18.1 Å². The van der Waals surface area contributed by atoms with Gasteiger partial charge < -0.3 is 10.2 Å². The first-order valence-corrected chi connectivity index (χ1v) is 10.4. The zero-order valence-corrected chi connectivity index (χ0v) is 18.2. The molecule has 1 aromatic carbocycles. The lowest BCUT2D eigenvalue weighted by atomic mass is 9.87. The van der Waals surface area contributed by atoms with Crippen LogP contribution >= 0.6 is 0 Å². The van der Waals surface area contributed by atoms with Gasteiger partial charge in [0.15, 0.2) is 0 Å². The average molecular weight is 499 g/mol. The number of likely N-dealkylation sites (tertiary alicyclic amines) is 1. The van der Waals surface area contributed by atoms with Crippen LogP contribution in [0.25, 0.3) is 5.69 Å². The van der Waals surface area contributed by atoms with Gasteiger partial charge in [-0.25, -0.2) is 23.1 Å². The lowest BCUT2D eigenvalue weighted by molar-refractivity contribution is -0.138. The van der Waals surface area contributed by atoms with E-state index in [2.05, 4.69) is 25.5 Å². The lowest BCUT2D eigenvalue weighted by Crippen LogP contribution is -2.57. The Morgan fingerprint density at radius 2 is 1.83 bits per heavy atom. The normalized spacial score (nSPS) is 20.0. The van der Waals surface area contributed by atoms with Gasteiger partial charge in [0.2, 0.25) is 5.95 Å². The molecule has 0 bridgehead atoms. The molecule has 0 spiro atoms. The molecule has 2 atom stereocenters. The van der Waals surface area contributed by atoms with E-state index < -0.39 is 59.9 Å². The number of rotatable bonds is 5. The monoisotopic (exact) mass is 499 g/mol. The third-order valence-electron chi connectivity index (χ3n) is 5.63. The summed E-state index contributed by atoms with van der Waals surface area (Å²) >= 11 is 0. The molecule has 14 heteroatoms. The molecule has 1 amide bonds. The van der Waals surface area contributed by atoms with Crippen molar-refractivity contribution < 1.29 is 31.1 Å². The molecule has 35 heavy (non-hydrogen) atoms. The Labute approximate surface area is 195 Å². The summed E-state index contributed by atoms with van der Waals surface area (Å²) in [6, 6.07) is 2.87. The summed E-state index contributed by atoms with van der Waals surface area (Å²) in [5, 5.41) is 10.5. The van der Waals surface area contributed by atoms with E-state index in [1.54, 1.807) is 0 Å². The van der Waals surface area contributed by atoms with Crippen LogP contribution in [0.3, 0.4) is 0 Å². The summed E-state index contributed by atoms with van der Waals surface area (Å²) in [6.07, 6.45) is -1.37. The second-order valence-corrected chi connectivity index (χ2v) is 8.16. The largest absolute Gasteiger partial charge is 0.419 e. The molecule has 0 saturated carbocycles. The highest BCUT2D eigenvalue weighted by Gasteiger charge is 2.47. The van der Waals surface area contributed by atoms with E-state index in [1.165, 1.54) is 31.5 Å². The molecule has 0 radical (unpaired) electrons. The van der Waals surface area contributed by atoms with Crippen molar-refractivity contribution in [2.45, 2.75) is 31.5 Å². The van der Waals surface area contributed by atoms with Crippen LogP contribution in [0, 0.1) is 11.7 Å². The predicted octanol–water partition coefficient (Wildman–Crippen LogP) is 3.81. The predicted molar refractivity (Wildman–Crippen MR) is 110 cm³/mol. The quantitative estimate of drug-likeness (QED) is 0.538. The number of hydrogen-bond acceptors (Lipinski definition) is 6. The fourth-order valence-electron chi connectivity index (χ4n) is 4.02. The zero-order chi connectivity index (χ0) is 25.4. The Kier molecular flexibility index (Phi) is 6.38. The third-order valence-corrected chi connectivity index (χ3v) is 5.63. The van der Waals surface area contributed by atoms with E-state index in [9.17, 15) is 31.1 Å². The van der Waals surface area contributed by atoms with Crippen LogP contribution in [0.15, 0.2) is 43.0 Å². The van der Waals surface area contributed by atoms with Crippen LogP contribution in [0.4, 0.5) is 32.3 Å². The van der Waals surface area contributed by atoms with Gasteiger partial charge in [-0.15, -0.1) is 0 Å². The van der Waals surface area contributed by atoms with E-state index in [-0.39, 0.29) is 18.2 Å². The molecule has 1 aliphatic heterocycles. The van der Waals surface area contributed by atoms with Crippen molar-refractivity contribution in [3.63, 3.8) is 0 Å². The summed E-state index contributed by atoms with van der Waals surface area (Å²) < 4.78 is 82.0. The number of benzene rings is 1. The van der Waals surface area contributed by atoms with Crippen molar-refractivity contribution >= 4 is 11.9 Å². The molecular formula is C21H19F6N7O. The Balaban J connectivity index is 1.62. The number of carbonyl (C=O) groups excluding carboxylic acids is 1. The highest BCUT2D eigenvalue weighted by molar-refractivity contribution is 5.98. The van der Waals surface area contributed by atoms with Crippen LogP contribution in [-0.2, 0) is 6.18 Å². The minimum Gasteiger partial charge on any atom is -0.352 e. The third kappa shape index (κ3) is 5.20. The molecule has 2 unspecified atom stereocenters. The fraction of sp³-hybridized carbons (Fsp3) is 0.381. The first kappa shape index (κ1) is 24.4. The van der Waals surface area contributed by atoms with Crippen molar-refractivity contribution in [2.24, 2.45) is 5.92 Å². The van der Waals surface area contributed by atoms with E-state index in [0.29, 0.717) is 12.4 Å². The number of anilines is 1. The van der Waals surface area contributed by atoms with E-state index in [4.69, 9.17) is 0 Å². The SMILES string of the molecule is CC1CC(F)(F)CN(C(=O)c2c(F)cccc2-n2nccn2)C1CNc1ncc(C(F)(F)F)cn1. The Bertz CT molecular complexity index is 1180. The van der Waals surface area contributed by atoms with E-state index in [1.807, 2.05) is 0 Å². The van der Waals surface area contributed by atoms with Gasteiger partial charge in [-0.1, -0.05) is 13.0 Å². The lowest BCUT2D eigenvalue weighted by Gasteiger charge is -2.43. The zero-order valence-electron chi connectivity index (χ0n) is 18.2. The van der Waals surface area contributed by atoms with Crippen LogP contribution in [0.2, 0.25) is 0 Å². The number of amides is 1. The van der Waals surface area contributed by atoms with Crippen molar-refractivity contribution in [2.75, 3.05) is 18.4 Å². The van der Waals surface area contributed by atoms with Gasteiger partial charge in [-0.2, -0.15) is 28.2 Å². The number of halogens is 6. The number of carbonyl (C=O) groups is 1. The van der Waals surface area contributed by atoms with Crippen molar-refractivity contribution in [3.05, 3.63) is 59.9 Å². The molecule has 1 N–H and O–H groups in total. The fourth-order valence-corrected chi connectivity index (χ4v) is 4.02. The second kappa shape index (κ2) is 9.15. The van der Waals surface area contributed by atoms with Gasteiger partial charge in [-0.3, -0.25) is 4.79 Å². The molecule has 186 valence electrons. The van der Waals surface area contributed by atoms with Gasteiger partial charge >= 0.3 is 6.18 Å². The summed E-state index contributed by atoms with van der Waals surface area (Å²) in [5.74, 6) is -6.10. The van der Waals surface area contributed by atoms with Crippen molar-refractivity contribution in [1.82, 2.24) is 29.9 Å². The van der Waals surface area contributed by atoms with Gasteiger partial charge in [0.25, 0.3) is 11.8 Å². The number of nitrogens with zero attached hydrogens (tertiary/aromatic N) is 6. The van der Waals surface area contributed by atoms with Crippen LogP contribution in [0.1, 0.15) is 29.3 Å². The van der Waals surface area contributed by atoms with Crippen LogP contribution < -0.4 is 5.32 Å². The molecule has 0 aliphatic carbocycles. The summed E-state index contributed by atoms with van der Waals surface area (Å²) in [4.78, 5) is 22.5. The van der Waals surface area contributed by atoms with Crippen LogP contribution in [-0.4, -0.2) is 60.8 Å². The number of nitrogens with one attached hydrogen (secondary N) is 1. The first-order chi connectivity index (χ1) is 16.5. The molecule has 2 aromatic heterocycles. The minimum absolute atomic E-state index is 0.0284. The van der Waals surface area contributed by atoms with Crippen molar-refractivity contribution in [1.29, 1.82) is 0 Å². The number of hydrogen-bond donors (Lipinski definition) is 1. The molecule has 3 aromatic rings. The maximum Gasteiger partial charge on any atom is 0.419 e. The molecule has 4 rings (SSSR count). The highest BCUT2D eigenvalue weighted by Crippen LogP contribution is 2.36. The van der Waals surface area contributed by atoms with E-state index >= 15 is 0 Å².